The molecule has 2 nitrogen and oxygen atoms in total. The molecule has 2 atom stereocenters. The monoisotopic (exact) mass is 346 g/mol. The zero-order chi connectivity index (χ0) is 15.1. The number of alkyl halides is 1. The van der Waals surface area contributed by atoms with Gasteiger partial charge >= 0.3 is 5.97 Å². The summed E-state index contributed by atoms with van der Waals surface area (Å²) >= 11 is 3.43. The molecular formula is C18H19BrO2. The van der Waals surface area contributed by atoms with Gasteiger partial charge in [-0.05, 0) is 17.5 Å². The second-order valence-electron chi connectivity index (χ2n) is 4.90. The highest BCUT2D eigenvalue weighted by Crippen LogP contribution is 2.29. The molecule has 0 amide bonds. The van der Waals surface area contributed by atoms with Gasteiger partial charge in [-0.25, -0.2) is 0 Å². The summed E-state index contributed by atoms with van der Waals surface area (Å²) in [6.45, 7) is 2.09. The van der Waals surface area contributed by atoms with Gasteiger partial charge in [0.05, 0.1) is 0 Å². The second-order valence-corrected chi connectivity index (χ2v) is 5.81. The molecule has 0 aliphatic carbocycles. The maximum Gasteiger partial charge on any atom is 0.324 e. The first-order valence-corrected chi connectivity index (χ1v) is 8.08. The number of halogens is 1. The third kappa shape index (κ3) is 4.43. The average molecular weight is 347 g/mol. The number of carbonyl (C=O) groups is 1. The molecule has 0 saturated heterocycles. The number of carbonyl (C=O) groups excluding carboxylic acids is 1. The Morgan fingerprint density at radius 2 is 1.52 bits per heavy atom. The minimum atomic E-state index is -0.429. The number of hydrogen-bond donors (Lipinski definition) is 0. The molecule has 21 heavy (non-hydrogen) atoms. The van der Waals surface area contributed by atoms with Crippen LogP contribution in [0.25, 0.3) is 0 Å². The van der Waals surface area contributed by atoms with Gasteiger partial charge in [0.25, 0.3) is 0 Å². The van der Waals surface area contributed by atoms with E-state index >= 15 is 0 Å². The molecule has 0 spiro atoms. The van der Waals surface area contributed by atoms with E-state index in [0.717, 1.165) is 24.0 Å². The molecule has 0 aromatic heterocycles. The average Bonchev–Trinajstić information content (AvgIpc) is 2.55. The van der Waals surface area contributed by atoms with E-state index in [1.165, 1.54) is 0 Å². The van der Waals surface area contributed by atoms with Gasteiger partial charge in [0.1, 0.15) is 10.9 Å². The molecule has 0 aliphatic rings. The highest BCUT2D eigenvalue weighted by Gasteiger charge is 2.23. The van der Waals surface area contributed by atoms with E-state index in [4.69, 9.17) is 4.74 Å². The highest BCUT2D eigenvalue weighted by atomic mass is 79.9. The molecular weight excluding hydrogens is 328 g/mol. The summed E-state index contributed by atoms with van der Waals surface area (Å²) in [7, 11) is 0. The zero-order valence-electron chi connectivity index (χ0n) is 12.0. The minimum Gasteiger partial charge on any atom is -0.456 e. The van der Waals surface area contributed by atoms with Crippen LogP contribution in [-0.2, 0) is 9.53 Å². The van der Waals surface area contributed by atoms with Crippen molar-refractivity contribution in [2.24, 2.45) is 0 Å². The molecule has 0 aliphatic heterocycles. The standard InChI is InChI=1S/C18H19BrO2/c1-2-9-16(14-10-5-3-6-11-14)21-18(20)17(19)15-12-7-4-8-13-15/h3-8,10-13,16-17H,2,9H2,1H3. The number of benzene rings is 2. The third-order valence-electron chi connectivity index (χ3n) is 3.28. The molecule has 2 rings (SSSR count). The highest BCUT2D eigenvalue weighted by molar-refractivity contribution is 9.09. The van der Waals surface area contributed by atoms with E-state index in [0.29, 0.717) is 0 Å². The van der Waals surface area contributed by atoms with Crippen molar-refractivity contribution in [1.82, 2.24) is 0 Å². The van der Waals surface area contributed by atoms with E-state index in [9.17, 15) is 4.79 Å². The first-order chi connectivity index (χ1) is 10.2. The van der Waals surface area contributed by atoms with Crippen molar-refractivity contribution in [2.45, 2.75) is 30.7 Å². The summed E-state index contributed by atoms with van der Waals surface area (Å²) in [6.07, 6.45) is 1.60. The van der Waals surface area contributed by atoms with Crippen molar-refractivity contribution in [3.05, 3.63) is 71.8 Å². The summed E-state index contributed by atoms with van der Waals surface area (Å²) in [5, 5.41) is 0. The molecule has 2 unspecified atom stereocenters. The predicted molar refractivity (Wildman–Crippen MR) is 88.3 cm³/mol. The normalized spacial score (nSPS) is 13.4. The quantitative estimate of drug-likeness (QED) is 0.530. The Kier molecular flexibility index (Phi) is 6.00. The van der Waals surface area contributed by atoms with Gasteiger partial charge in [-0.3, -0.25) is 4.79 Å². The summed E-state index contributed by atoms with van der Waals surface area (Å²) in [4.78, 5) is 11.9. The Bertz CT molecular complexity index is 554. The van der Waals surface area contributed by atoms with Crippen LogP contribution in [0.3, 0.4) is 0 Å². The van der Waals surface area contributed by atoms with Gasteiger partial charge in [0.2, 0.25) is 0 Å². The maximum absolute atomic E-state index is 12.3. The lowest BCUT2D eigenvalue weighted by molar-refractivity contribution is -0.149. The fourth-order valence-corrected chi connectivity index (χ4v) is 2.59. The number of esters is 1. The number of rotatable bonds is 6. The Morgan fingerprint density at radius 1 is 1.00 bits per heavy atom. The van der Waals surface area contributed by atoms with Crippen LogP contribution in [0.4, 0.5) is 0 Å². The third-order valence-corrected chi connectivity index (χ3v) is 4.18. The Morgan fingerprint density at radius 3 is 2.05 bits per heavy atom. The van der Waals surface area contributed by atoms with Crippen LogP contribution in [0, 0.1) is 0 Å². The lowest BCUT2D eigenvalue weighted by Gasteiger charge is -2.19. The number of hydrogen-bond acceptors (Lipinski definition) is 2. The lowest BCUT2D eigenvalue weighted by atomic mass is 10.1. The predicted octanol–water partition coefficient (Wildman–Crippen LogP) is 5.21. The smallest absolute Gasteiger partial charge is 0.324 e. The molecule has 0 heterocycles. The molecule has 2 aromatic rings. The van der Waals surface area contributed by atoms with E-state index < -0.39 is 4.83 Å². The van der Waals surface area contributed by atoms with E-state index in [1.54, 1.807) is 0 Å². The number of ether oxygens (including phenoxy) is 1. The van der Waals surface area contributed by atoms with Crippen molar-refractivity contribution in [1.29, 1.82) is 0 Å². The SMILES string of the molecule is CCCC(OC(=O)C(Br)c1ccccc1)c1ccccc1. The molecule has 0 bridgehead atoms. The van der Waals surface area contributed by atoms with Crippen molar-refractivity contribution >= 4 is 21.9 Å². The first-order valence-electron chi connectivity index (χ1n) is 7.16. The molecule has 0 N–H and O–H groups in total. The van der Waals surface area contributed by atoms with E-state index in [1.807, 2.05) is 60.7 Å². The van der Waals surface area contributed by atoms with Crippen LogP contribution in [-0.4, -0.2) is 5.97 Å². The fourth-order valence-electron chi connectivity index (χ4n) is 2.18. The van der Waals surface area contributed by atoms with Crippen LogP contribution < -0.4 is 0 Å². The Hall–Kier alpha value is -1.61. The fraction of sp³-hybridized carbons (Fsp3) is 0.278. The van der Waals surface area contributed by atoms with E-state index in [-0.39, 0.29) is 12.1 Å². The molecule has 110 valence electrons. The lowest BCUT2D eigenvalue weighted by Crippen LogP contribution is -2.15. The molecule has 2 aromatic carbocycles. The van der Waals surface area contributed by atoms with Gasteiger partial charge in [-0.2, -0.15) is 0 Å². The van der Waals surface area contributed by atoms with E-state index in [2.05, 4.69) is 22.9 Å². The van der Waals surface area contributed by atoms with Gasteiger partial charge in [0, 0.05) is 0 Å². The Labute approximate surface area is 134 Å². The van der Waals surface area contributed by atoms with Crippen molar-refractivity contribution < 1.29 is 9.53 Å². The van der Waals surface area contributed by atoms with Gasteiger partial charge in [0.15, 0.2) is 0 Å². The van der Waals surface area contributed by atoms with Crippen molar-refractivity contribution in [2.75, 3.05) is 0 Å². The molecule has 0 saturated carbocycles. The van der Waals surface area contributed by atoms with Crippen molar-refractivity contribution in [3.63, 3.8) is 0 Å². The minimum absolute atomic E-state index is 0.188. The van der Waals surface area contributed by atoms with Crippen LogP contribution >= 0.6 is 15.9 Å². The molecule has 0 radical (unpaired) electrons. The van der Waals surface area contributed by atoms with Crippen molar-refractivity contribution in [3.8, 4) is 0 Å². The first kappa shape index (κ1) is 15.8. The topological polar surface area (TPSA) is 26.3 Å². The second kappa shape index (κ2) is 7.99. The van der Waals surface area contributed by atoms with Crippen LogP contribution in [0.15, 0.2) is 60.7 Å². The summed E-state index contributed by atoms with van der Waals surface area (Å²) < 4.78 is 5.71. The maximum atomic E-state index is 12.3. The Balaban J connectivity index is 2.08. The van der Waals surface area contributed by atoms with Gasteiger partial charge in [-0.1, -0.05) is 89.9 Å². The summed E-state index contributed by atoms with van der Waals surface area (Å²) in [6, 6.07) is 19.5. The summed E-state index contributed by atoms with van der Waals surface area (Å²) in [5.41, 5.74) is 1.95. The zero-order valence-corrected chi connectivity index (χ0v) is 13.6. The summed E-state index contributed by atoms with van der Waals surface area (Å²) in [5.74, 6) is -0.247. The molecule has 0 fully saturated rings. The van der Waals surface area contributed by atoms with Gasteiger partial charge < -0.3 is 4.74 Å². The largest absolute Gasteiger partial charge is 0.456 e. The van der Waals surface area contributed by atoms with Crippen LogP contribution in [0.2, 0.25) is 0 Å². The molecule has 3 heteroatoms. The van der Waals surface area contributed by atoms with Gasteiger partial charge in [-0.15, -0.1) is 0 Å². The van der Waals surface area contributed by atoms with Crippen LogP contribution in [0.1, 0.15) is 41.8 Å². The van der Waals surface area contributed by atoms with Crippen LogP contribution in [0.5, 0.6) is 0 Å².